The minimum Gasteiger partial charge on any atom is -0.497 e. The maximum absolute atomic E-state index is 5.56. The van der Waals surface area contributed by atoms with E-state index in [0.717, 1.165) is 47.7 Å². The number of nitrogen functional groups attached to an aromatic ring is 1. The predicted molar refractivity (Wildman–Crippen MR) is 73.9 cm³/mol. The summed E-state index contributed by atoms with van der Waals surface area (Å²) in [6, 6.07) is 7.72. The fourth-order valence-corrected chi connectivity index (χ4v) is 2.42. The van der Waals surface area contributed by atoms with Crippen molar-refractivity contribution in [1.29, 1.82) is 0 Å². The lowest BCUT2D eigenvalue weighted by molar-refractivity contribution is 0.415. The number of aromatic nitrogens is 2. The Labute approximate surface area is 111 Å². The summed E-state index contributed by atoms with van der Waals surface area (Å²) < 4.78 is 5.15. The van der Waals surface area contributed by atoms with Crippen molar-refractivity contribution in [3.63, 3.8) is 0 Å². The van der Waals surface area contributed by atoms with Crippen LogP contribution in [0, 0.1) is 0 Å². The van der Waals surface area contributed by atoms with Gasteiger partial charge in [0.05, 0.1) is 7.11 Å². The average Bonchev–Trinajstić information content (AvgIpc) is 2.94. The zero-order chi connectivity index (χ0) is 13.2. The molecule has 0 amide bonds. The molecule has 0 unspecified atom stereocenters. The molecule has 0 aliphatic heterocycles. The summed E-state index contributed by atoms with van der Waals surface area (Å²) in [5.41, 5.74) is 5.91. The second-order valence-electron chi connectivity index (χ2n) is 4.55. The van der Waals surface area contributed by atoms with Gasteiger partial charge in [-0.25, -0.2) is 15.8 Å². The molecule has 0 spiro atoms. The number of hydrogen-bond acceptors (Lipinski definition) is 5. The molecule has 2 aromatic rings. The Bertz CT molecular complexity index is 595. The third-order valence-electron chi connectivity index (χ3n) is 3.42. The molecular weight excluding hydrogens is 240 g/mol. The predicted octanol–water partition coefficient (Wildman–Crippen LogP) is 1.93. The summed E-state index contributed by atoms with van der Waals surface area (Å²) in [5, 5.41) is 0. The van der Waals surface area contributed by atoms with Gasteiger partial charge >= 0.3 is 0 Å². The van der Waals surface area contributed by atoms with Crippen molar-refractivity contribution in [2.45, 2.75) is 19.3 Å². The van der Waals surface area contributed by atoms with Crippen molar-refractivity contribution in [3.8, 4) is 17.1 Å². The lowest BCUT2D eigenvalue weighted by Crippen LogP contribution is -2.12. The Kier molecular flexibility index (Phi) is 3.05. The number of nitrogens with two attached hydrogens (primary N) is 1. The lowest BCUT2D eigenvalue weighted by atomic mass is 10.2. The van der Waals surface area contributed by atoms with Crippen LogP contribution in [0.1, 0.15) is 17.7 Å². The Hall–Kier alpha value is -2.14. The van der Waals surface area contributed by atoms with E-state index in [1.54, 1.807) is 7.11 Å². The highest BCUT2D eigenvalue weighted by Gasteiger charge is 2.19. The molecule has 5 nitrogen and oxygen atoms in total. The zero-order valence-corrected chi connectivity index (χ0v) is 10.8. The number of aryl methyl sites for hydroxylation is 1. The van der Waals surface area contributed by atoms with Crippen molar-refractivity contribution in [2.24, 2.45) is 5.84 Å². The fourth-order valence-electron chi connectivity index (χ4n) is 2.42. The van der Waals surface area contributed by atoms with E-state index in [9.17, 15) is 0 Å². The van der Waals surface area contributed by atoms with Gasteiger partial charge in [-0.3, -0.25) is 0 Å². The molecule has 0 atom stereocenters. The maximum Gasteiger partial charge on any atom is 0.161 e. The first-order valence-electron chi connectivity index (χ1n) is 6.32. The normalized spacial score (nSPS) is 13.2. The summed E-state index contributed by atoms with van der Waals surface area (Å²) in [5.74, 6) is 7.83. The number of rotatable bonds is 3. The van der Waals surface area contributed by atoms with Crippen LogP contribution in [0.5, 0.6) is 5.75 Å². The van der Waals surface area contributed by atoms with E-state index in [4.69, 9.17) is 10.6 Å². The van der Waals surface area contributed by atoms with Gasteiger partial charge in [0.2, 0.25) is 0 Å². The lowest BCUT2D eigenvalue weighted by Gasteiger charge is -2.09. The number of nitrogens with zero attached hydrogens (tertiary/aromatic N) is 2. The van der Waals surface area contributed by atoms with Crippen LogP contribution in [0.25, 0.3) is 11.4 Å². The quantitative estimate of drug-likeness (QED) is 0.648. The van der Waals surface area contributed by atoms with Crippen LogP contribution in [0.4, 0.5) is 5.82 Å². The first-order chi connectivity index (χ1) is 9.31. The third kappa shape index (κ3) is 2.13. The Morgan fingerprint density at radius 2 is 1.95 bits per heavy atom. The number of hydrogen-bond donors (Lipinski definition) is 2. The van der Waals surface area contributed by atoms with Crippen LogP contribution >= 0.6 is 0 Å². The van der Waals surface area contributed by atoms with Gasteiger partial charge in [0.1, 0.15) is 11.6 Å². The highest BCUT2D eigenvalue weighted by Crippen LogP contribution is 2.29. The van der Waals surface area contributed by atoms with Gasteiger partial charge in [0.15, 0.2) is 5.82 Å². The summed E-state index contributed by atoms with van der Waals surface area (Å²) in [4.78, 5) is 9.14. The van der Waals surface area contributed by atoms with Crippen LogP contribution < -0.4 is 16.0 Å². The van der Waals surface area contributed by atoms with Gasteiger partial charge in [-0.2, -0.15) is 0 Å². The molecule has 3 rings (SSSR count). The van der Waals surface area contributed by atoms with Crippen molar-refractivity contribution in [3.05, 3.63) is 35.5 Å². The molecule has 0 saturated heterocycles. The van der Waals surface area contributed by atoms with E-state index in [-0.39, 0.29) is 0 Å². The summed E-state index contributed by atoms with van der Waals surface area (Å²) >= 11 is 0. The SMILES string of the molecule is COc1ccc(-c2nc3c(c(NN)n2)CCC3)cc1. The summed E-state index contributed by atoms with van der Waals surface area (Å²) in [7, 11) is 1.65. The van der Waals surface area contributed by atoms with Gasteiger partial charge < -0.3 is 10.2 Å². The van der Waals surface area contributed by atoms with Crippen molar-refractivity contribution in [2.75, 3.05) is 12.5 Å². The average molecular weight is 256 g/mol. The van der Waals surface area contributed by atoms with E-state index in [1.165, 1.54) is 0 Å². The van der Waals surface area contributed by atoms with Crippen LogP contribution in [-0.4, -0.2) is 17.1 Å². The molecule has 1 aromatic carbocycles. The molecule has 0 radical (unpaired) electrons. The van der Waals surface area contributed by atoms with Crippen LogP contribution in [0.15, 0.2) is 24.3 Å². The second kappa shape index (κ2) is 4.85. The molecule has 0 bridgehead atoms. The molecule has 3 N–H and O–H groups in total. The third-order valence-corrected chi connectivity index (χ3v) is 3.42. The summed E-state index contributed by atoms with van der Waals surface area (Å²) in [6.45, 7) is 0. The topological polar surface area (TPSA) is 73.1 Å². The first-order valence-corrected chi connectivity index (χ1v) is 6.32. The van der Waals surface area contributed by atoms with Gasteiger partial charge in [0, 0.05) is 16.8 Å². The molecule has 5 heteroatoms. The number of benzene rings is 1. The highest BCUT2D eigenvalue weighted by atomic mass is 16.5. The molecule has 1 heterocycles. The Balaban J connectivity index is 2.04. The van der Waals surface area contributed by atoms with Crippen LogP contribution in [0.3, 0.4) is 0 Å². The molecule has 98 valence electrons. The Morgan fingerprint density at radius 3 is 2.63 bits per heavy atom. The maximum atomic E-state index is 5.56. The second-order valence-corrected chi connectivity index (χ2v) is 4.55. The van der Waals surface area contributed by atoms with Crippen molar-refractivity contribution >= 4 is 5.82 Å². The number of hydrazine groups is 1. The number of anilines is 1. The van der Waals surface area contributed by atoms with Gasteiger partial charge in [-0.15, -0.1) is 0 Å². The fraction of sp³-hybridized carbons (Fsp3) is 0.286. The number of methoxy groups -OCH3 is 1. The molecule has 1 aromatic heterocycles. The van der Waals surface area contributed by atoms with E-state index in [0.29, 0.717) is 5.82 Å². The minimum absolute atomic E-state index is 0.705. The van der Waals surface area contributed by atoms with Crippen LogP contribution in [0.2, 0.25) is 0 Å². The standard InChI is InChI=1S/C14H16N4O/c1-19-10-7-5-9(6-8-10)13-16-12-4-2-3-11(12)14(17-13)18-15/h5-8H,2-4,15H2,1H3,(H,16,17,18). The molecular formula is C14H16N4O. The number of fused-ring (bicyclic) bond motifs is 1. The molecule has 0 saturated carbocycles. The summed E-state index contributed by atoms with van der Waals surface area (Å²) in [6.07, 6.45) is 3.11. The van der Waals surface area contributed by atoms with E-state index in [1.807, 2.05) is 24.3 Å². The molecule has 0 fully saturated rings. The molecule has 1 aliphatic carbocycles. The molecule has 19 heavy (non-hydrogen) atoms. The number of ether oxygens (including phenoxy) is 1. The van der Waals surface area contributed by atoms with Gasteiger partial charge in [-0.05, 0) is 43.5 Å². The van der Waals surface area contributed by atoms with Gasteiger partial charge in [0.25, 0.3) is 0 Å². The Morgan fingerprint density at radius 1 is 1.16 bits per heavy atom. The van der Waals surface area contributed by atoms with E-state index in [2.05, 4.69) is 15.4 Å². The van der Waals surface area contributed by atoms with Crippen LogP contribution in [-0.2, 0) is 12.8 Å². The van der Waals surface area contributed by atoms with Crippen molar-refractivity contribution < 1.29 is 4.74 Å². The zero-order valence-electron chi connectivity index (χ0n) is 10.8. The van der Waals surface area contributed by atoms with E-state index < -0.39 is 0 Å². The molecule has 1 aliphatic rings. The minimum atomic E-state index is 0.705. The highest BCUT2D eigenvalue weighted by molar-refractivity contribution is 5.61. The monoisotopic (exact) mass is 256 g/mol. The number of nitrogens with one attached hydrogen (secondary N) is 1. The largest absolute Gasteiger partial charge is 0.497 e. The van der Waals surface area contributed by atoms with E-state index >= 15 is 0 Å². The van der Waals surface area contributed by atoms with Crippen molar-refractivity contribution in [1.82, 2.24) is 9.97 Å². The smallest absolute Gasteiger partial charge is 0.161 e. The first kappa shape index (κ1) is 11.9. The van der Waals surface area contributed by atoms with Gasteiger partial charge in [-0.1, -0.05) is 0 Å².